The van der Waals surface area contributed by atoms with Gasteiger partial charge < -0.3 is 19.1 Å². The zero-order valence-electron chi connectivity index (χ0n) is 22.5. The predicted octanol–water partition coefficient (Wildman–Crippen LogP) is 2.68. The Morgan fingerprint density at radius 2 is 1.93 bits per heavy atom. The summed E-state index contributed by atoms with van der Waals surface area (Å²) in [6.45, 7) is 4.13. The van der Waals surface area contributed by atoms with Gasteiger partial charge in [0, 0.05) is 18.2 Å². The summed E-state index contributed by atoms with van der Waals surface area (Å²) in [6, 6.07) is 8.07. The van der Waals surface area contributed by atoms with Crippen LogP contribution in [0.3, 0.4) is 0 Å². The van der Waals surface area contributed by atoms with Gasteiger partial charge in [-0.15, -0.1) is 0 Å². The van der Waals surface area contributed by atoms with Crippen LogP contribution in [-0.4, -0.2) is 57.8 Å². The van der Waals surface area contributed by atoms with Crippen molar-refractivity contribution >= 4 is 13.7 Å². The van der Waals surface area contributed by atoms with E-state index in [-0.39, 0.29) is 11.7 Å². The van der Waals surface area contributed by atoms with Crippen LogP contribution < -0.4 is 20.9 Å². The van der Waals surface area contributed by atoms with Gasteiger partial charge >= 0.3 is 19.4 Å². The average molecular weight is 584 g/mol. The molecule has 1 aliphatic heterocycles. The quantitative estimate of drug-likeness (QED) is 0.265. The molecule has 0 bridgehead atoms. The molecule has 2 aliphatic rings. The fourth-order valence-corrected chi connectivity index (χ4v) is 6.28. The number of aliphatic hydroxyl groups excluding tert-OH is 1. The number of hydrogen-bond acceptors (Lipinski definition) is 9. The second kappa shape index (κ2) is 12.8. The van der Waals surface area contributed by atoms with E-state index in [0.717, 1.165) is 17.1 Å². The summed E-state index contributed by atoms with van der Waals surface area (Å²) in [5, 5.41) is 13.4. The van der Waals surface area contributed by atoms with Crippen molar-refractivity contribution in [3.05, 3.63) is 63.4 Å². The smallest absolute Gasteiger partial charge is 0.459 e. The largest absolute Gasteiger partial charge is 0.462 e. The molecule has 12 nitrogen and oxygen atoms in total. The molecule has 2 aromatic rings. The second-order valence-electron chi connectivity index (χ2n) is 10.3. The molecule has 0 amide bonds. The third-order valence-corrected chi connectivity index (χ3v) is 8.62. The van der Waals surface area contributed by atoms with Crippen molar-refractivity contribution in [1.82, 2.24) is 14.6 Å². The molecule has 2 heterocycles. The number of carbonyl (C=O) groups excluding carboxylic acids is 1. The molecular formula is C26H35FN3O9P. The highest BCUT2D eigenvalue weighted by Gasteiger charge is 2.51. The number of para-hydroxylation sites is 1. The number of nitrogens with one attached hydrogen (secondary N) is 2. The molecule has 40 heavy (non-hydrogen) atoms. The number of aromatic amines is 1. The Labute approximate surface area is 230 Å². The van der Waals surface area contributed by atoms with Crippen molar-refractivity contribution < 1.29 is 37.4 Å². The fraction of sp³-hybridized carbons (Fsp3) is 0.577. The maximum Gasteiger partial charge on any atom is 0.459 e. The number of ether oxygens (including phenoxy) is 2. The van der Waals surface area contributed by atoms with Gasteiger partial charge in [-0.3, -0.25) is 23.7 Å². The number of aliphatic hydroxyl groups is 1. The molecule has 0 radical (unpaired) electrons. The topological polar surface area (TPSA) is 158 Å². The highest BCUT2D eigenvalue weighted by Crippen LogP contribution is 2.49. The Kier molecular flexibility index (Phi) is 9.63. The SMILES string of the molecule is CC(C)OC(=O)[C@H](C)NP(=O)(OCC1O[C@@H](n2ccc(=O)[nH]c2=O)C(C2CCC2)[C@@H](F)[C@H]1O)Oc1ccccc1. The number of H-pyrrole nitrogens is 1. The van der Waals surface area contributed by atoms with Gasteiger partial charge in [0.1, 0.15) is 36.4 Å². The van der Waals surface area contributed by atoms with Crippen LogP contribution >= 0.6 is 7.75 Å². The highest BCUT2D eigenvalue weighted by molar-refractivity contribution is 7.52. The summed E-state index contributed by atoms with van der Waals surface area (Å²) in [7, 11) is -4.32. The Hall–Kier alpha value is -2.83. The van der Waals surface area contributed by atoms with E-state index in [2.05, 4.69) is 10.1 Å². The highest BCUT2D eigenvalue weighted by atomic mass is 31.2. The number of nitrogens with zero attached hydrogens (tertiary/aromatic N) is 1. The molecule has 1 aromatic carbocycles. The lowest BCUT2D eigenvalue weighted by Crippen LogP contribution is -2.56. The number of alkyl halides is 1. The monoisotopic (exact) mass is 583 g/mol. The fourth-order valence-electron chi connectivity index (χ4n) is 4.78. The molecule has 1 aromatic heterocycles. The summed E-state index contributed by atoms with van der Waals surface area (Å²) in [4.78, 5) is 38.7. The molecule has 3 N–H and O–H groups in total. The van der Waals surface area contributed by atoms with E-state index in [4.69, 9.17) is 18.5 Å². The average Bonchev–Trinajstić information content (AvgIpc) is 2.86. The number of aromatic nitrogens is 2. The van der Waals surface area contributed by atoms with Crippen LogP contribution in [0, 0.1) is 11.8 Å². The predicted molar refractivity (Wildman–Crippen MR) is 141 cm³/mol. The number of benzene rings is 1. The Bertz CT molecular complexity index is 1320. The first-order valence-electron chi connectivity index (χ1n) is 13.2. The van der Waals surface area contributed by atoms with Gasteiger partial charge in [0.2, 0.25) is 0 Å². The standard InChI is InChI=1S/C26H35FN3O9P/c1-15(2)37-25(33)16(3)29-40(35,39-18-10-5-4-6-11-18)36-14-19-23(32)22(27)21(17-8-7-9-17)24(38-19)30-13-12-20(31)28-26(30)34/h4-6,10-13,15-17,19,21-24,32H,7-9,14H2,1-3H3,(H,29,35)(H,28,31,34)/t16-,19?,21?,22+,23-,24+,40?/m0/s1. The lowest BCUT2D eigenvalue weighted by atomic mass is 9.70. The van der Waals surface area contributed by atoms with E-state index >= 15 is 4.39 Å². The van der Waals surface area contributed by atoms with E-state index in [0.29, 0.717) is 12.8 Å². The maximum atomic E-state index is 15.8. The Morgan fingerprint density at radius 1 is 1.23 bits per heavy atom. The number of esters is 1. The summed E-state index contributed by atoms with van der Waals surface area (Å²) >= 11 is 0. The minimum absolute atomic E-state index is 0.141. The van der Waals surface area contributed by atoms with Crippen molar-refractivity contribution in [1.29, 1.82) is 0 Å². The van der Waals surface area contributed by atoms with Crippen LogP contribution in [0.15, 0.2) is 52.2 Å². The normalized spacial score (nSPS) is 27.4. The molecule has 14 heteroatoms. The van der Waals surface area contributed by atoms with Crippen molar-refractivity contribution in [2.24, 2.45) is 11.8 Å². The maximum absolute atomic E-state index is 15.8. The zero-order valence-corrected chi connectivity index (χ0v) is 23.4. The second-order valence-corrected chi connectivity index (χ2v) is 12.0. The summed E-state index contributed by atoms with van der Waals surface area (Å²) < 4.78 is 53.0. The lowest BCUT2D eigenvalue weighted by Gasteiger charge is -2.47. The Balaban J connectivity index is 1.57. The van der Waals surface area contributed by atoms with Gasteiger partial charge in [-0.05, 0) is 51.7 Å². The minimum atomic E-state index is -4.32. The van der Waals surface area contributed by atoms with Crippen LogP contribution in [0.2, 0.25) is 0 Å². The van der Waals surface area contributed by atoms with E-state index < -0.39 is 74.2 Å². The number of rotatable bonds is 11. The first-order chi connectivity index (χ1) is 19.0. The van der Waals surface area contributed by atoms with E-state index in [9.17, 15) is 24.1 Å². The van der Waals surface area contributed by atoms with Crippen molar-refractivity contribution in [3.8, 4) is 5.75 Å². The first-order valence-corrected chi connectivity index (χ1v) is 14.8. The zero-order chi connectivity index (χ0) is 29.0. The molecular weight excluding hydrogens is 548 g/mol. The van der Waals surface area contributed by atoms with Gasteiger partial charge in [-0.2, -0.15) is 5.09 Å². The van der Waals surface area contributed by atoms with Crippen LogP contribution in [0.25, 0.3) is 0 Å². The summed E-state index contributed by atoms with van der Waals surface area (Å²) in [6.07, 6.45) is -2.94. The summed E-state index contributed by atoms with van der Waals surface area (Å²) in [5.41, 5.74) is -1.41. The molecule has 7 atom stereocenters. The van der Waals surface area contributed by atoms with Gasteiger partial charge in [0.05, 0.1) is 12.7 Å². The van der Waals surface area contributed by atoms with Gasteiger partial charge in [-0.25, -0.2) is 13.8 Å². The molecule has 1 saturated heterocycles. The van der Waals surface area contributed by atoms with Gasteiger partial charge in [-0.1, -0.05) is 24.6 Å². The molecule has 220 valence electrons. The third kappa shape index (κ3) is 7.08. The van der Waals surface area contributed by atoms with Crippen molar-refractivity contribution in [3.63, 3.8) is 0 Å². The van der Waals surface area contributed by atoms with Crippen LogP contribution in [0.1, 0.15) is 46.3 Å². The number of halogens is 1. The first kappa shape index (κ1) is 30.1. The molecule has 1 aliphatic carbocycles. The number of carbonyl (C=O) groups is 1. The van der Waals surface area contributed by atoms with Gasteiger partial charge in [0.25, 0.3) is 5.56 Å². The molecule has 3 unspecified atom stereocenters. The molecule has 1 saturated carbocycles. The van der Waals surface area contributed by atoms with Gasteiger partial charge in [0.15, 0.2) is 0 Å². The molecule has 0 spiro atoms. The molecule has 2 fully saturated rings. The molecule has 4 rings (SSSR count). The van der Waals surface area contributed by atoms with Crippen LogP contribution in [0.5, 0.6) is 5.75 Å². The van der Waals surface area contributed by atoms with Crippen molar-refractivity contribution in [2.75, 3.05) is 6.61 Å². The number of hydrogen-bond donors (Lipinski definition) is 3. The van der Waals surface area contributed by atoms with E-state index in [1.165, 1.54) is 25.3 Å². The Morgan fingerprint density at radius 3 is 2.52 bits per heavy atom. The van der Waals surface area contributed by atoms with Crippen LogP contribution in [-0.2, 0) is 23.4 Å². The van der Waals surface area contributed by atoms with E-state index in [1.54, 1.807) is 32.0 Å². The third-order valence-electron chi connectivity index (χ3n) is 6.97. The summed E-state index contributed by atoms with van der Waals surface area (Å²) in [5.74, 6) is -1.54. The minimum Gasteiger partial charge on any atom is -0.462 e. The van der Waals surface area contributed by atoms with Crippen LogP contribution in [0.4, 0.5) is 4.39 Å². The lowest BCUT2D eigenvalue weighted by molar-refractivity contribution is -0.231. The van der Waals surface area contributed by atoms with E-state index in [1.807, 2.05) is 0 Å². The van der Waals surface area contributed by atoms with Crippen molar-refractivity contribution in [2.45, 2.75) is 76.8 Å².